The summed E-state index contributed by atoms with van der Waals surface area (Å²) in [6.45, 7) is 8.67. The van der Waals surface area contributed by atoms with Gasteiger partial charge in [-0.05, 0) is 62.2 Å². The molecule has 3 unspecified atom stereocenters. The van der Waals surface area contributed by atoms with Gasteiger partial charge in [0.15, 0.2) is 0 Å². The van der Waals surface area contributed by atoms with E-state index in [1.165, 1.54) is 0 Å². The van der Waals surface area contributed by atoms with E-state index >= 15 is 0 Å². The number of carbonyl (C=O) groups is 4. The van der Waals surface area contributed by atoms with E-state index < -0.39 is 34.9 Å². The van der Waals surface area contributed by atoms with Gasteiger partial charge in [0.05, 0.1) is 37.3 Å². The van der Waals surface area contributed by atoms with Crippen molar-refractivity contribution in [1.82, 2.24) is 10.6 Å². The van der Waals surface area contributed by atoms with Crippen LogP contribution in [0.5, 0.6) is 0 Å². The van der Waals surface area contributed by atoms with Gasteiger partial charge in [-0.15, -0.1) is 0 Å². The molecule has 38 heavy (non-hydrogen) atoms. The van der Waals surface area contributed by atoms with Crippen LogP contribution in [0, 0.1) is 34.5 Å². The molecule has 4 aliphatic carbocycles. The van der Waals surface area contributed by atoms with Crippen molar-refractivity contribution in [3.63, 3.8) is 0 Å². The van der Waals surface area contributed by atoms with Gasteiger partial charge < -0.3 is 29.6 Å². The smallest absolute Gasteiger partial charge is 0.328 e. The number of carbonyl (C=O) groups excluding carboxylic acids is 4. The molecule has 4 bridgehead atoms. The molecule has 2 N–H and O–H groups in total. The molecule has 4 saturated carbocycles. The van der Waals surface area contributed by atoms with Gasteiger partial charge in [-0.2, -0.15) is 0 Å². The molecule has 0 aromatic carbocycles. The van der Waals surface area contributed by atoms with Crippen LogP contribution in [0.4, 0.5) is 0 Å². The summed E-state index contributed by atoms with van der Waals surface area (Å²) in [7, 11) is 0. The lowest BCUT2D eigenvalue weighted by atomic mass is 9.43. The molecule has 5 fully saturated rings. The molecule has 0 aromatic rings. The molecule has 5 rings (SSSR count). The third-order valence-electron chi connectivity index (χ3n) is 8.75. The summed E-state index contributed by atoms with van der Waals surface area (Å²) >= 11 is 0. The summed E-state index contributed by atoms with van der Waals surface area (Å²) in [6, 6.07) is -1.56. The van der Waals surface area contributed by atoms with Crippen molar-refractivity contribution in [2.45, 2.75) is 78.3 Å². The first-order chi connectivity index (χ1) is 18.0. The van der Waals surface area contributed by atoms with Crippen molar-refractivity contribution in [2.75, 3.05) is 39.6 Å². The standard InChI is InChI=1S/C28H44N2O8/c1-17(2)21-23(31)37-9-7-35-5-6-36-8-10-38-24(32)22(18(3)4)30-26(34)28-14-19-11-20(15-28)13-27(12-19,16-28)25(33)29-21/h17-22H,5-16H2,1-4H3,(H,29,33)(H,30,34)/t19?,20?,21-,22?,27?,28?/m0/s1. The SMILES string of the molecule is CC(C)C1NC(=O)C23CC4CC(C2)CC(C4)(C3)C(=O)N[C@@H](C(C)C)C(=O)OCCOCCOCCOC1=O. The molecule has 5 aliphatic rings. The van der Waals surface area contributed by atoms with Crippen LogP contribution in [0.15, 0.2) is 0 Å². The minimum absolute atomic E-state index is 0.0741. The lowest BCUT2D eigenvalue weighted by Crippen LogP contribution is -2.64. The maximum Gasteiger partial charge on any atom is 0.328 e. The van der Waals surface area contributed by atoms with Crippen molar-refractivity contribution in [2.24, 2.45) is 34.5 Å². The zero-order valence-corrected chi connectivity index (χ0v) is 23.2. The highest BCUT2D eigenvalue weighted by molar-refractivity contribution is 5.92. The molecule has 4 atom stereocenters. The van der Waals surface area contributed by atoms with Gasteiger partial charge in [0.1, 0.15) is 25.3 Å². The number of amides is 2. The molecule has 2 amide bonds. The van der Waals surface area contributed by atoms with Gasteiger partial charge in [0.2, 0.25) is 11.8 Å². The Hall–Kier alpha value is -2.20. The highest BCUT2D eigenvalue weighted by Gasteiger charge is 2.63. The van der Waals surface area contributed by atoms with Gasteiger partial charge >= 0.3 is 11.9 Å². The maximum absolute atomic E-state index is 13.9. The van der Waals surface area contributed by atoms with Gasteiger partial charge in [0.25, 0.3) is 0 Å². The predicted octanol–water partition coefficient (Wildman–Crippen LogP) is 1.99. The summed E-state index contributed by atoms with van der Waals surface area (Å²) in [6.07, 6.45) is 4.30. The Morgan fingerprint density at radius 1 is 0.632 bits per heavy atom. The fourth-order valence-electron chi connectivity index (χ4n) is 7.28. The first-order valence-corrected chi connectivity index (χ1v) is 14.2. The summed E-state index contributed by atoms with van der Waals surface area (Å²) in [5, 5.41) is 6.01. The summed E-state index contributed by atoms with van der Waals surface area (Å²) in [5.74, 6) is -1.09. The van der Waals surface area contributed by atoms with Crippen molar-refractivity contribution in [3.05, 3.63) is 0 Å². The predicted molar refractivity (Wildman–Crippen MR) is 137 cm³/mol. The molecule has 1 heterocycles. The van der Waals surface area contributed by atoms with Gasteiger partial charge in [-0.25, -0.2) is 9.59 Å². The van der Waals surface area contributed by atoms with E-state index in [0.717, 1.165) is 6.42 Å². The van der Waals surface area contributed by atoms with E-state index in [0.29, 0.717) is 45.3 Å². The number of cyclic esters (lactones) is 2. The van der Waals surface area contributed by atoms with E-state index in [1.807, 2.05) is 27.7 Å². The van der Waals surface area contributed by atoms with Crippen LogP contribution < -0.4 is 10.6 Å². The van der Waals surface area contributed by atoms with Crippen molar-refractivity contribution >= 4 is 23.8 Å². The largest absolute Gasteiger partial charge is 0.462 e. The van der Waals surface area contributed by atoms with E-state index in [-0.39, 0.29) is 61.9 Å². The van der Waals surface area contributed by atoms with Crippen molar-refractivity contribution < 1.29 is 38.1 Å². The molecular weight excluding hydrogens is 492 g/mol. The Balaban J connectivity index is 1.58. The highest BCUT2D eigenvalue weighted by Crippen LogP contribution is 2.65. The fraction of sp³-hybridized carbons (Fsp3) is 0.857. The fourth-order valence-corrected chi connectivity index (χ4v) is 7.28. The lowest BCUT2D eigenvalue weighted by Gasteiger charge is -2.60. The first-order valence-electron chi connectivity index (χ1n) is 14.2. The summed E-state index contributed by atoms with van der Waals surface area (Å²) < 4.78 is 21.8. The van der Waals surface area contributed by atoms with Crippen molar-refractivity contribution in [1.29, 1.82) is 0 Å². The number of nitrogens with one attached hydrogen (secondary N) is 2. The van der Waals surface area contributed by atoms with Crippen LogP contribution in [0.1, 0.15) is 66.2 Å². The van der Waals surface area contributed by atoms with E-state index in [1.54, 1.807) is 0 Å². The number of hydrogen-bond acceptors (Lipinski definition) is 8. The average Bonchev–Trinajstić information content (AvgIpc) is 2.84. The van der Waals surface area contributed by atoms with E-state index in [9.17, 15) is 19.2 Å². The quantitative estimate of drug-likeness (QED) is 0.513. The minimum Gasteiger partial charge on any atom is -0.462 e. The Bertz CT molecular complexity index is 821. The van der Waals surface area contributed by atoms with E-state index in [2.05, 4.69) is 10.6 Å². The second-order valence-corrected chi connectivity index (χ2v) is 12.5. The van der Waals surface area contributed by atoms with Crippen molar-refractivity contribution in [3.8, 4) is 0 Å². The molecular formula is C28H44N2O8. The van der Waals surface area contributed by atoms with Crippen LogP contribution >= 0.6 is 0 Å². The zero-order valence-electron chi connectivity index (χ0n) is 23.2. The van der Waals surface area contributed by atoms with Gasteiger partial charge in [0, 0.05) is 0 Å². The summed E-state index contributed by atoms with van der Waals surface area (Å²) in [4.78, 5) is 53.5. The zero-order chi connectivity index (χ0) is 27.5. The third-order valence-corrected chi connectivity index (χ3v) is 8.75. The highest BCUT2D eigenvalue weighted by atomic mass is 16.6. The Morgan fingerprint density at radius 3 is 1.37 bits per heavy atom. The molecule has 10 heteroatoms. The second kappa shape index (κ2) is 11.9. The van der Waals surface area contributed by atoms with Crippen LogP contribution in [0.25, 0.3) is 0 Å². The normalized spacial score (nSPS) is 37.7. The third kappa shape index (κ3) is 6.17. The molecule has 1 saturated heterocycles. The monoisotopic (exact) mass is 536 g/mol. The molecule has 2 spiro atoms. The Morgan fingerprint density at radius 2 is 1.00 bits per heavy atom. The second-order valence-electron chi connectivity index (χ2n) is 12.5. The molecule has 0 aromatic heterocycles. The topological polar surface area (TPSA) is 129 Å². The lowest BCUT2D eigenvalue weighted by molar-refractivity contribution is -0.171. The summed E-state index contributed by atoms with van der Waals surface area (Å²) in [5.41, 5.74) is -1.41. The van der Waals surface area contributed by atoms with E-state index in [4.69, 9.17) is 18.9 Å². The number of rotatable bonds is 2. The maximum atomic E-state index is 13.9. The van der Waals surface area contributed by atoms with Crippen LogP contribution in [0.3, 0.4) is 0 Å². The Kier molecular flexibility index (Phi) is 9.02. The number of hydrogen-bond donors (Lipinski definition) is 2. The minimum atomic E-state index is -0.780. The van der Waals surface area contributed by atoms with Crippen LogP contribution in [-0.2, 0) is 38.1 Å². The van der Waals surface area contributed by atoms with Crippen LogP contribution in [-0.4, -0.2) is 75.5 Å². The molecule has 10 nitrogen and oxygen atoms in total. The van der Waals surface area contributed by atoms with Crippen LogP contribution in [0.2, 0.25) is 0 Å². The molecule has 0 radical (unpaired) electrons. The molecule has 1 aliphatic heterocycles. The number of esters is 2. The van der Waals surface area contributed by atoms with Gasteiger partial charge in [-0.3, -0.25) is 9.59 Å². The van der Waals surface area contributed by atoms with Gasteiger partial charge in [-0.1, -0.05) is 27.7 Å². The molecule has 214 valence electrons. The average molecular weight is 537 g/mol. The Labute approximate surface area is 225 Å². The number of ether oxygens (including phenoxy) is 4. The first kappa shape index (κ1) is 28.8.